The largest absolute Gasteiger partial charge is 0.496 e. The maximum atomic E-state index is 12.6. The van der Waals surface area contributed by atoms with Crippen LogP contribution in [0.4, 0.5) is 5.69 Å². The van der Waals surface area contributed by atoms with Gasteiger partial charge in [-0.3, -0.25) is 14.4 Å². The summed E-state index contributed by atoms with van der Waals surface area (Å²) in [5.41, 5.74) is 2.19. The number of amides is 3. The van der Waals surface area contributed by atoms with Crippen molar-refractivity contribution in [3.05, 3.63) is 59.7 Å². The minimum absolute atomic E-state index is 0.145. The van der Waals surface area contributed by atoms with Crippen molar-refractivity contribution in [2.24, 2.45) is 0 Å². The summed E-state index contributed by atoms with van der Waals surface area (Å²) in [4.78, 5) is 38.7. The van der Waals surface area contributed by atoms with Crippen LogP contribution in [-0.4, -0.2) is 31.4 Å². The molecular weight excluding hydrogens is 346 g/mol. The second-order valence-corrected chi connectivity index (χ2v) is 6.04. The zero-order valence-electron chi connectivity index (χ0n) is 15.2. The van der Waals surface area contributed by atoms with Crippen LogP contribution in [0.25, 0.3) is 0 Å². The van der Waals surface area contributed by atoms with Crippen molar-refractivity contribution < 1.29 is 19.1 Å². The van der Waals surface area contributed by atoms with Crippen LogP contribution in [0.15, 0.2) is 48.5 Å². The number of carbonyl (C=O) groups excluding carboxylic acids is 3. The van der Waals surface area contributed by atoms with Gasteiger partial charge in [0.2, 0.25) is 0 Å². The predicted molar refractivity (Wildman–Crippen MR) is 100 cm³/mol. The summed E-state index contributed by atoms with van der Waals surface area (Å²) in [6, 6.07) is 13.6. The number of methoxy groups -OCH3 is 1. The maximum absolute atomic E-state index is 12.6. The van der Waals surface area contributed by atoms with Gasteiger partial charge in [-0.15, -0.1) is 0 Å². The molecule has 27 heavy (non-hydrogen) atoms. The third-order valence-electron chi connectivity index (χ3n) is 4.48. The molecule has 0 radical (unpaired) electrons. The van der Waals surface area contributed by atoms with Gasteiger partial charge in [-0.25, -0.2) is 0 Å². The van der Waals surface area contributed by atoms with Crippen LogP contribution in [-0.2, 0) is 20.9 Å². The standard InChI is InChI=1S/C20H21N3O4/c1-3-23-15-10-6-5-9-14(15)17(20(23)26)22-19(25)18(24)21-12-13-8-4-7-11-16(13)27-2/h4-11,17H,3,12H2,1-2H3,(H,21,24)(H,22,25). The molecule has 0 aliphatic carbocycles. The Morgan fingerprint density at radius 1 is 1.07 bits per heavy atom. The highest BCUT2D eigenvalue weighted by molar-refractivity contribution is 6.35. The molecule has 2 N–H and O–H groups in total. The molecule has 7 heteroatoms. The first-order valence-electron chi connectivity index (χ1n) is 8.67. The van der Waals surface area contributed by atoms with Crippen molar-refractivity contribution in [2.75, 3.05) is 18.6 Å². The lowest BCUT2D eigenvalue weighted by atomic mass is 10.1. The fraction of sp³-hybridized carbons (Fsp3) is 0.250. The lowest BCUT2D eigenvalue weighted by Gasteiger charge is -2.15. The molecule has 140 valence electrons. The lowest BCUT2D eigenvalue weighted by Crippen LogP contribution is -2.44. The zero-order valence-corrected chi connectivity index (χ0v) is 15.2. The minimum atomic E-state index is -0.856. The van der Waals surface area contributed by atoms with Gasteiger partial charge in [0.05, 0.1) is 7.11 Å². The van der Waals surface area contributed by atoms with E-state index in [-0.39, 0.29) is 12.5 Å². The molecule has 0 fully saturated rings. The summed E-state index contributed by atoms with van der Waals surface area (Å²) in [6.07, 6.45) is 0. The number of likely N-dealkylation sites (N-methyl/N-ethyl adjacent to an activating group) is 1. The third kappa shape index (κ3) is 3.62. The van der Waals surface area contributed by atoms with Gasteiger partial charge in [-0.1, -0.05) is 36.4 Å². The van der Waals surface area contributed by atoms with E-state index in [2.05, 4.69) is 10.6 Å². The quantitative estimate of drug-likeness (QED) is 0.785. The smallest absolute Gasteiger partial charge is 0.310 e. The highest BCUT2D eigenvalue weighted by Crippen LogP contribution is 2.35. The summed E-state index contributed by atoms with van der Waals surface area (Å²) in [7, 11) is 1.54. The number of fused-ring (bicyclic) bond motifs is 1. The number of carbonyl (C=O) groups is 3. The Balaban J connectivity index is 1.66. The molecule has 1 aliphatic heterocycles. The summed E-state index contributed by atoms with van der Waals surface area (Å²) >= 11 is 0. The SMILES string of the molecule is CCN1C(=O)C(NC(=O)C(=O)NCc2ccccc2OC)c2ccccc21. The van der Waals surface area contributed by atoms with E-state index in [0.29, 0.717) is 17.9 Å². The third-order valence-corrected chi connectivity index (χ3v) is 4.48. The number of hydrogen-bond donors (Lipinski definition) is 2. The van der Waals surface area contributed by atoms with E-state index in [1.807, 2.05) is 31.2 Å². The summed E-state index contributed by atoms with van der Waals surface area (Å²) in [5, 5.41) is 5.10. The van der Waals surface area contributed by atoms with E-state index in [4.69, 9.17) is 4.74 Å². The van der Waals surface area contributed by atoms with Crippen molar-refractivity contribution in [2.45, 2.75) is 19.5 Å². The monoisotopic (exact) mass is 367 g/mol. The molecule has 1 aliphatic rings. The van der Waals surface area contributed by atoms with Gasteiger partial charge in [0.1, 0.15) is 11.8 Å². The molecule has 7 nitrogen and oxygen atoms in total. The van der Waals surface area contributed by atoms with E-state index >= 15 is 0 Å². The molecular formula is C20H21N3O4. The first-order chi connectivity index (χ1) is 13.1. The Morgan fingerprint density at radius 2 is 1.78 bits per heavy atom. The first kappa shape index (κ1) is 18.4. The number of anilines is 1. The van der Waals surface area contributed by atoms with Gasteiger partial charge in [-0.05, 0) is 19.1 Å². The van der Waals surface area contributed by atoms with Crippen LogP contribution in [0, 0.1) is 0 Å². The van der Waals surface area contributed by atoms with E-state index in [1.54, 1.807) is 29.2 Å². The summed E-state index contributed by atoms with van der Waals surface area (Å²) in [5.74, 6) is -1.28. The molecule has 2 aromatic carbocycles. The second kappa shape index (κ2) is 7.90. The number of nitrogens with one attached hydrogen (secondary N) is 2. The molecule has 1 heterocycles. The number of nitrogens with zero attached hydrogens (tertiary/aromatic N) is 1. The van der Waals surface area contributed by atoms with Crippen LogP contribution in [0.5, 0.6) is 5.75 Å². The number of rotatable bonds is 5. The highest BCUT2D eigenvalue weighted by atomic mass is 16.5. The van der Waals surface area contributed by atoms with Gasteiger partial charge in [0, 0.05) is 29.9 Å². The second-order valence-electron chi connectivity index (χ2n) is 6.04. The lowest BCUT2D eigenvalue weighted by molar-refractivity contribution is -0.140. The van der Waals surface area contributed by atoms with Gasteiger partial charge in [-0.2, -0.15) is 0 Å². The first-order valence-corrected chi connectivity index (χ1v) is 8.67. The van der Waals surface area contributed by atoms with Crippen LogP contribution in [0.1, 0.15) is 24.1 Å². The molecule has 0 saturated carbocycles. The number of ether oxygens (including phenoxy) is 1. The van der Waals surface area contributed by atoms with Crippen molar-refractivity contribution >= 4 is 23.4 Å². The minimum Gasteiger partial charge on any atom is -0.496 e. The van der Waals surface area contributed by atoms with Gasteiger partial charge in [0.25, 0.3) is 5.91 Å². The van der Waals surface area contributed by atoms with Gasteiger partial charge < -0.3 is 20.3 Å². The van der Waals surface area contributed by atoms with Crippen molar-refractivity contribution in [3.63, 3.8) is 0 Å². The fourth-order valence-corrected chi connectivity index (χ4v) is 3.15. The topological polar surface area (TPSA) is 87.7 Å². The Bertz CT molecular complexity index is 881. The van der Waals surface area contributed by atoms with Crippen molar-refractivity contribution in [1.82, 2.24) is 10.6 Å². The molecule has 3 amide bonds. The zero-order chi connectivity index (χ0) is 19.4. The van der Waals surface area contributed by atoms with Crippen LogP contribution < -0.4 is 20.3 Å². The van der Waals surface area contributed by atoms with Crippen LogP contribution in [0.3, 0.4) is 0 Å². The van der Waals surface area contributed by atoms with Crippen LogP contribution in [0.2, 0.25) is 0 Å². The van der Waals surface area contributed by atoms with E-state index in [9.17, 15) is 14.4 Å². The van der Waals surface area contributed by atoms with Crippen molar-refractivity contribution in [1.29, 1.82) is 0 Å². The highest BCUT2D eigenvalue weighted by Gasteiger charge is 2.37. The molecule has 1 unspecified atom stereocenters. The Hall–Kier alpha value is -3.35. The van der Waals surface area contributed by atoms with Gasteiger partial charge in [0.15, 0.2) is 0 Å². The Labute approximate surface area is 157 Å². The molecule has 1 atom stereocenters. The van der Waals surface area contributed by atoms with Crippen molar-refractivity contribution in [3.8, 4) is 5.75 Å². The average Bonchev–Trinajstić information content (AvgIpc) is 2.97. The number of benzene rings is 2. The number of para-hydroxylation sites is 2. The normalized spacial score (nSPS) is 15.3. The van der Waals surface area contributed by atoms with Crippen LogP contribution >= 0.6 is 0 Å². The van der Waals surface area contributed by atoms with E-state index in [0.717, 1.165) is 11.3 Å². The summed E-state index contributed by atoms with van der Waals surface area (Å²) < 4.78 is 5.22. The Kier molecular flexibility index (Phi) is 5.40. The molecule has 2 aromatic rings. The molecule has 0 bridgehead atoms. The molecule has 0 saturated heterocycles. The van der Waals surface area contributed by atoms with E-state index < -0.39 is 17.9 Å². The fourth-order valence-electron chi connectivity index (χ4n) is 3.15. The number of hydrogen-bond acceptors (Lipinski definition) is 4. The molecule has 0 spiro atoms. The molecule has 0 aromatic heterocycles. The summed E-state index contributed by atoms with van der Waals surface area (Å²) in [6.45, 7) is 2.49. The average molecular weight is 367 g/mol. The molecule has 3 rings (SSSR count). The van der Waals surface area contributed by atoms with Gasteiger partial charge >= 0.3 is 11.8 Å². The van der Waals surface area contributed by atoms with E-state index in [1.165, 1.54) is 7.11 Å². The Morgan fingerprint density at radius 3 is 2.52 bits per heavy atom. The maximum Gasteiger partial charge on any atom is 0.310 e. The predicted octanol–water partition coefficient (Wildman–Crippen LogP) is 1.54.